The number of hydrogen-bond donors (Lipinski definition) is 0. The highest BCUT2D eigenvalue weighted by molar-refractivity contribution is 9.09. The number of rotatable bonds is 34. The zero-order valence-electron chi connectivity index (χ0n) is 25.6. The van der Waals surface area contributed by atoms with Crippen molar-refractivity contribution in [3.8, 4) is 0 Å². The Labute approximate surface area is 269 Å². The van der Waals surface area contributed by atoms with Crippen LogP contribution in [0.15, 0.2) is 30.3 Å². The molecule has 254 valence electrons. The van der Waals surface area contributed by atoms with Crippen molar-refractivity contribution in [2.75, 3.05) is 144 Å². The number of esters is 1. The predicted octanol–water partition coefficient (Wildman–Crippen LogP) is 1.97. The second kappa shape index (κ2) is 32.8. The van der Waals surface area contributed by atoms with E-state index >= 15 is 0 Å². The smallest absolute Gasteiger partial charge is 0.379 e. The Balaban J connectivity index is 1.67. The van der Waals surface area contributed by atoms with Crippen LogP contribution < -0.4 is 0 Å². The van der Waals surface area contributed by atoms with Gasteiger partial charge in [0.05, 0.1) is 132 Å². The maximum atomic E-state index is 11.9. The van der Waals surface area contributed by atoms with Crippen molar-refractivity contribution < 1.29 is 61.7 Å². The highest BCUT2D eigenvalue weighted by Gasteiger charge is 2.17. The van der Waals surface area contributed by atoms with Crippen molar-refractivity contribution in [3.63, 3.8) is 0 Å². The summed E-state index contributed by atoms with van der Waals surface area (Å²) in [7, 11) is 0. The van der Waals surface area contributed by atoms with E-state index in [0.717, 1.165) is 5.33 Å². The molecule has 13 nitrogen and oxygen atoms in total. The van der Waals surface area contributed by atoms with E-state index in [2.05, 4.69) is 15.9 Å². The highest BCUT2D eigenvalue weighted by Crippen LogP contribution is 2.01. The van der Waals surface area contributed by atoms with Crippen LogP contribution in [0, 0.1) is 0 Å². The molecule has 0 saturated heterocycles. The molecule has 14 heteroatoms. The molecule has 0 radical (unpaired) electrons. The van der Waals surface area contributed by atoms with E-state index in [4.69, 9.17) is 52.1 Å². The fourth-order valence-electron chi connectivity index (χ4n) is 3.10. The van der Waals surface area contributed by atoms with Crippen molar-refractivity contribution >= 4 is 27.7 Å². The molecule has 44 heavy (non-hydrogen) atoms. The third-order valence-corrected chi connectivity index (χ3v) is 5.58. The predicted molar refractivity (Wildman–Crippen MR) is 164 cm³/mol. The van der Waals surface area contributed by atoms with E-state index in [1.54, 1.807) is 30.3 Å². The van der Waals surface area contributed by atoms with Gasteiger partial charge in [-0.25, -0.2) is 4.79 Å². The highest BCUT2D eigenvalue weighted by atomic mass is 79.9. The van der Waals surface area contributed by atoms with E-state index in [1.807, 2.05) is 0 Å². The van der Waals surface area contributed by atoms with Crippen molar-refractivity contribution in [1.82, 2.24) is 0 Å². The van der Waals surface area contributed by atoms with E-state index in [0.29, 0.717) is 131 Å². The van der Waals surface area contributed by atoms with Crippen LogP contribution in [0.25, 0.3) is 0 Å². The average molecular weight is 698 g/mol. The number of hydrogen-bond acceptors (Lipinski definition) is 13. The maximum Gasteiger partial charge on any atom is 0.379 e. The molecule has 0 N–H and O–H groups in total. The molecule has 0 amide bonds. The Kier molecular flexibility index (Phi) is 30.2. The molecule has 1 aromatic rings. The molecule has 1 aromatic carbocycles. The second-order valence-electron chi connectivity index (χ2n) is 8.64. The molecular weight excluding hydrogens is 648 g/mol. The number of benzene rings is 1. The third-order valence-electron chi connectivity index (χ3n) is 5.25. The lowest BCUT2D eigenvalue weighted by Crippen LogP contribution is -2.20. The number of ketones is 1. The van der Waals surface area contributed by atoms with Crippen LogP contribution in [0.2, 0.25) is 0 Å². The first-order valence-electron chi connectivity index (χ1n) is 14.9. The molecule has 0 fully saturated rings. The topological polar surface area (TPSA) is 136 Å². The van der Waals surface area contributed by atoms with E-state index in [9.17, 15) is 9.59 Å². The summed E-state index contributed by atoms with van der Waals surface area (Å²) < 4.78 is 58.9. The first-order chi connectivity index (χ1) is 21.8. The summed E-state index contributed by atoms with van der Waals surface area (Å²) in [5, 5.41) is 0.830. The molecule has 0 aliphatic heterocycles. The molecule has 1 rings (SSSR count). The first-order valence-corrected chi connectivity index (χ1v) is 16.0. The van der Waals surface area contributed by atoms with E-state index in [1.165, 1.54) is 0 Å². The number of carbonyl (C=O) groups is 2. The molecule has 0 spiro atoms. The van der Waals surface area contributed by atoms with Crippen molar-refractivity contribution in [1.29, 1.82) is 0 Å². The zero-order valence-corrected chi connectivity index (χ0v) is 27.2. The summed E-state index contributed by atoms with van der Waals surface area (Å²) in [4.78, 5) is 23.6. The van der Waals surface area contributed by atoms with Gasteiger partial charge >= 0.3 is 5.97 Å². The molecule has 0 bridgehead atoms. The van der Waals surface area contributed by atoms with E-state index in [-0.39, 0.29) is 13.2 Å². The van der Waals surface area contributed by atoms with Gasteiger partial charge in [0.2, 0.25) is 0 Å². The van der Waals surface area contributed by atoms with Gasteiger partial charge in [-0.1, -0.05) is 46.3 Å². The summed E-state index contributed by atoms with van der Waals surface area (Å²) in [6.45, 7) is 9.61. The summed E-state index contributed by atoms with van der Waals surface area (Å²) in [6, 6.07) is 8.26. The number of Topliss-reactive ketones (excluding diaryl/α,β-unsaturated/α-hetero) is 1. The largest absolute Gasteiger partial charge is 0.457 e. The average Bonchev–Trinajstić information content (AvgIpc) is 3.05. The number of halogens is 1. The molecular formula is C30H49BrO13. The quantitative estimate of drug-likeness (QED) is 0.0342. The minimum Gasteiger partial charge on any atom is -0.457 e. The van der Waals surface area contributed by atoms with Crippen LogP contribution in [-0.4, -0.2) is 156 Å². The van der Waals surface area contributed by atoms with Crippen molar-refractivity contribution in [2.45, 2.75) is 0 Å². The van der Waals surface area contributed by atoms with Crippen LogP contribution in [0.1, 0.15) is 10.4 Å². The zero-order chi connectivity index (χ0) is 31.6. The maximum absolute atomic E-state index is 11.9. The summed E-state index contributed by atoms with van der Waals surface area (Å²) in [5.74, 6) is -1.57. The van der Waals surface area contributed by atoms with Crippen LogP contribution in [-0.2, 0) is 56.9 Å². The van der Waals surface area contributed by atoms with Crippen LogP contribution >= 0.6 is 15.9 Å². The lowest BCUT2D eigenvalue weighted by atomic mass is 10.1. The molecule has 0 unspecified atom stereocenters. The Morgan fingerprint density at radius 2 is 0.682 bits per heavy atom. The second-order valence-corrected chi connectivity index (χ2v) is 9.44. The Bertz CT molecular complexity index is 773. The molecule has 0 aliphatic carbocycles. The fourth-order valence-corrected chi connectivity index (χ4v) is 3.33. The van der Waals surface area contributed by atoms with Crippen LogP contribution in [0.3, 0.4) is 0 Å². The minimum atomic E-state index is -0.896. The van der Waals surface area contributed by atoms with Gasteiger partial charge in [-0.05, 0) is 0 Å². The Morgan fingerprint density at radius 3 is 0.977 bits per heavy atom. The van der Waals surface area contributed by atoms with Crippen molar-refractivity contribution in [2.24, 2.45) is 0 Å². The third kappa shape index (κ3) is 26.8. The summed E-state index contributed by atoms with van der Waals surface area (Å²) >= 11 is 3.29. The Hall–Kier alpha value is -1.56. The van der Waals surface area contributed by atoms with Crippen molar-refractivity contribution in [3.05, 3.63) is 35.9 Å². The SMILES string of the molecule is O=C(OCCOCCOCCOCCOCCOCCOCCOCCOCCOCCOCCBr)C(=O)c1ccccc1. The van der Waals surface area contributed by atoms with Gasteiger partial charge in [0.25, 0.3) is 5.78 Å². The normalized spacial score (nSPS) is 11.2. The standard InChI is InChI=1S/C30H49BrO13/c31-6-7-34-8-9-35-10-11-36-12-13-37-14-15-38-16-17-39-18-19-40-20-21-41-22-23-42-24-25-43-26-27-44-30(33)29(32)28-4-2-1-3-5-28/h1-5H,6-27H2. The first kappa shape index (κ1) is 40.5. The summed E-state index contributed by atoms with van der Waals surface area (Å²) in [6.07, 6.45) is 0. The van der Waals surface area contributed by atoms with Gasteiger partial charge in [0.15, 0.2) is 0 Å². The van der Waals surface area contributed by atoms with Gasteiger partial charge < -0.3 is 52.1 Å². The molecule has 0 aromatic heterocycles. The number of ether oxygens (including phenoxy) is 11. The molecule has 0 heterocycles. The molecule has 0 aliphatic rings. The van der Waals surface area contributed by atoms with Gasteiger partial charge in [-0.15, -0.1) is 0 Å². The molecule has 0 saturated carbocycles. The van der Waals surface area contributed by atoms with Gasteiger partial charge in [0, 0.05) is 10.9 Å². The summed E-state index contributed by atoms with van der Waals surface area (Å²) in [5.41, 5.74) is 0.296. The monoisotopic (exact) mass is 696 g/mol. The van der Waals surface area contributed by atoms with Gasteiger partial charge in [-0.3, -0.25) is 4.79 Å². The fraction of sp³-hybridized carbons (Fsp3) is 0.733. The van der Waals surface area contributed by atoms with Crippen LogP contribution in [0.4, 0.5) is 0 Å². The lowest BCUT2D eigenvalue weighted by molar-refractivity contribution is -0.139. The van der Waals surface area contributed by atoms with E-state index < -0.39 is 11.8 Å². The number of alkyl halides is 1. The van der Waals surface area contributed by atoms with Gasteiger partial charge in [-0.2, -0.15) is 0 Å². The Morgan fingerprint density at radius 1 is 0.409 bits per heavy atom. The number of carbonyl (C=O) groups excluding carboxylic acids is 2. The minimum absolute atomic E-state index is 0.000891. The van der Waals surface area contributed by atoms with Crippen LogP contribution in [0.5, 0.6) is 0 Å². The van der Waals surface area contributed by atoms with Gasteiger partial charge in [0.1, 0.15) is 6.61 Å². The lowest BCUT2D eigenvalue weighted by Gasteiger charge is -2.09. The molecule has 0 atom stereocenters.